The van der Waals surface area contributed by atoms with Crippen molar-refractivity contribution in [2.75, 3.05) is 0 Å². The molecule has 0 bridgehead atoms. The average Bonchev–Trinajstić information content (AvgIpc) is 3.48. The molecule has 2 amide bonds. The maximum absolute atomic E-state index is 13.3. The van der Waals surface area contributed by atoms with Crippen LogP contribution in [0.1, 0.15) is 33.6 Å². The lowest BCUT2D eigenvalue weighted by Gasteiger charge is -2.09. The number of carbonyl (C=O) groups excluding carboxylic acids is 2. The van der Waals surface area contributed by atoms with Crippen LogP contribution in [-0.2, 0) is 22.6 Å². The number of aromatic nitrogens is 2. The second-order valence-corrected chi connectivity index (χ2v) is 8.93. The molecule has 0 aliphatic carbocycles. The lowest BCUT2D eigenvalue weighted by atomic mass is 9.91. The van der Waals surface area contributed by atoms with Crippen molar-refractivity contribution in [3.05, 3.63) is 106 Å². The van der Waals surface area contributed by atoms with E-state index in [0.29, 0.717) is 24.1 Å². The number of imide groups is 1. The summed E-state index contributed by atoms with van der Waals surface area (Å²) in [5, 5.41) is 4.39. The van der Waals surface area contributed by atoms with Gasteiger partial charge in [-0.05, 0) is 30.2 Å². The normalized spacial score (nSPS) is 13.9. The number of fused-ring (bicyclic) bond motifs is 2. The Morgan fingerprint density at radius 3 is 1.89 bits per heavy atom. The summed E-state index contributed by atoms with van der Waals surface area (Å²) in [6.45, 7) is 2.42. The Morgan fingerprint density at radius 2 is 1.23 bits per heavy atom. The second kappa shape index (κ2) is 8.11. The van der Waals surface area contributed by atoms with E-state index in [1.807, 2.05) is 67.6 Å². The highest BCUT2D eigenvalue weighted by atomic mass is 16.2. The van der Waals surface area contributed by atoms with Gasteiger partial charge < -0.3 is 15.7 Å². The van der Waals surface area contributed by atoms with Crippen molar-refractivity contribution in [3.8, 4) is 0 Å². The van der Waals surface area contributed by atoms with E-state index < -0.39 is 0 Å². The molecule has 0 unspecified atom stereocenters. The second-order valence-electron chi connectivity index (χ2n) is 8.93. The van der Waals surface area contributed by atoms with Crippen LogP contribution in [0.3, 0.4) is 0 Å². The molecule has 3 aromatic carbocycles. The molecule has 2 aromatic heterocycles. The lowest BCUT2D eigenvalue weighted by Crippen LogP contribution is -2.23. The fraction of sp³-hybridized carbons (Fsp3) is 0.103. The molecule has 0 saturated carbocycles. The number of benzene rings is 3. The molecule has 5 aromatic rings. The third-order valence-electron chi connectivity index (χ3n) is 6.75. The van der Waals surface area contributed by atoms with Crippen LogP contribution in [0.4, 0.5) is 0 Å². The zero-order valence-electron chi connectivity index (χ0n) is 19.2. The van der Waals surface area contributed by atoms with Crippen molar-refractivity contribution >= 4 is 44.8 Å². The number of hydrogen-bond donors (Lipinski definition) is 4. The van der Waals surface area contributed by atoms with E-state index >= 15 is 0 Å². The molecule has 6 rings (SSSR count). The minimum absolute atomic E-state index is 0.374. The van der Waals surface area contributed by atoms with Gasteiger partial charge in [0.25, 0.3) is 11.8 Å². The standard InChI is InChI=1S/C29H24N4O2/c1-16-24(19-6-2-4-8-21(19)31-16)26-27(29(35)33-28(26)34)25-20-7-3-5-9-22(20)32-23(25)14-17-10-12-18(15-30)13-11-17/h2-13,31-32H,14-15,30H2,1H3,(H,33,34,35). The van der Waals surface area contributed by atoms with Crippen molar-refractivity contribution < 1.29 is 9.59 Å². The van der Waals surface area contributed by atoms with Crippen LogP contribution in [-0.4, -0.2) is 21.8 Å². The van der Waals surface area contributed by atoms with Gasteiger partial charge in [-0.1, -0.05) is 60.7 Å². The van der Waals surface area contributed by atoms with Gasteiger partial charge in [-0.2, -0.15) is 0 Å². The van der Waals surface area contributed by atoms with E-state index in [-0.39, 0.29) is 11.8 Å². The van der Waals surface area contributed by atoms with Gasteiger partial charge in [0, 0.05) is 57.3 Å². The number of aryl methyl sites for hydroxylation is 1. The van der Waals surface area contributed by atoms with Gasteiger partial charge in [0.05, 0.1) is 11.1 Å². The SMILES string of the molecule is Cc1[nH]c2ccccc2c1C1=C(c2c(Cc3ccc(CN)cc3)[nH]c3ccccc23)C(=O)NC1=O. The molecule has 172 valence electrons. The summed E-state index contributed by atoms with van der Waals surface area (Å²) in [5.41, 5.74) is 13.9. The van der Waals surface area contributed by atoms with Crippen molar-refractivity contribution in [1.29, 1.82) is 0 Å². The minimum atomic E-state index is -0.376. The van der Waals surface area contributed by atoms with Crippen LogP contribution >= 0.6 is 0 Å². The predicted octanol–water partition coefficient (Wildman–Crippen LogP) is 4.57. The molecular formula is C29H24N4O2. The molecule has 6 nitrogen and oxygen atoms in total. The van der Waals surface area contributed by atoms with E-state index in [4.69, 9.17) is 5.73 Å². The Morgan fingerprint density at radius 1 is 0.686 bits per heavy atom. The first-order valence-corrected chi connectivity index (χ1v) is 11.6. The summed E-state index contributed by atoms with van der Waals surface area (Å²) >= 11 is 0. The number of carbonyl (C=O) groups is 2. The number of hydrogen-bond acceptors (Lipinski definition) is 3. The van der Waals surface area contributed by atoms with E-state index in [1.165, 1.54) is 0 Å². The molecule has 0 spiro atoms. The Hall–Kier alpha value is -4.42. The van der Waals surface area contributed by atoms with E-state index in [2.05, 4.69) is 27.4 Å². The van der Waals surface area contributed by atoms with E-state index in [0.717, 1.165) is 55.4 Å². The van der Waals surface area contributed by atoms with Crippen LogP contribution in [0, 0.1) is 6.92 Å². The largest absolute Gasteiger partial charge is 0.358 e. The number of aromatic amines is 2. The number of para-hydroxylation sites is 2. The maximum atomic E-state index is 13.3. The quantitative estimate of drug-likeness (QED) is 0.289. The van der Waals surface area contributed by atoms with Crippen molar-refractivity contribution in [1.82, 2.24) is 15.3 Å². The minimum Gasteiger partial charge on any atom is -0.358 e. The van der Waals surface area contributed by atoms with Crippen LogP contribution in [0.2, 0.25) is 0 Å². The molecule has 1 aliphatic heterocycles. The highest BCUT2D eigenvalue weighted by molar-refractivity contribution is 6.51. The molecule has 3 heterocycles. The summed E-state index contributed by atoms with van der Waals surface area (Å²) in [5.74, 6) is -0.749. The lowest BCUT2D eigenvalue weighted by molar-refractivity contribution is -0.122. The van der Waals surface area contributed by atoms with Crippen LogP contribution in [0.15, 0.2) is 72.8 Å². The van der Waals surface area contributed by atoms with Crippen LogP contribution in [0.5, 0.6) is 0 Å². The molecule has 0 radical (unpaired) electrons. The summed E-state index contributed by atoms with van der Waals surface area (Å²) < 4.78 is 0. The molecule has 1 aliphatic rings. The summed E-state index contributed by atoms with van der Waals surface area (Å²) in [7, 11) is 0. The average molecular weight is 461 g/mol. The first kappa shape index (κ1) is 21.1. The molecule has 5 N–H and O–H groups in total. The molecule has 6 heteroatoms. The summed E-state index contributed by atoms with van der Waals surface area (Å²) in [6.07, 6.45) is 0.583. The topological polar surface area (TPSA) is 104 Å². The number of H-pyrrole nitrogens is 2. The zero-order chi connectivity index (χ0) is 24.1. The Labute approximate surface area is 201 Å². The molecule has 35 heavy (non-hydrogen) atoms. The van der Waals surface area contributed by atoms with Crippen molar-refractivity contribution in [2.24, 2.45) is 5.73 Å². The van der Waals surface area contributed by atoms with Crippen molar-refractivity contribution in [2.45, 2.75) is 19.9 Å². The summed E-state index contributed by atoms with van der Waals surface area (Å²) in [6, 6.07) is 23.9. The first-order valence-electron chi connectivity index (χ1n) is 11.6. The van der Waals surface area contributed by atoms with Gasteiger partial charge in [0.2, 0.25) is 0 Å². The predicted molar refractivity (Wildman–Crippen MR) is 138 cm³/mol. The number of rotatable bonds is 5. The molecule has 0 fully saturated rings. The van der Waals surface area contributed by atoms with Crippen LogP contribution in [0.25, 0.3) is 33.0 Å². The fourth-order valence-corrected chi connectivity index (χ4v) is 5.14. The third-order valence-corrected chi connectivity index (χ3v) is 6.75. The fourth-order valence-electron chi connectivity index (χ4n) is 5.14. The number of nitrogens with one attached hydrogen (secondary N) is 3. The van der Waals surface area contributed by atoms with Crippen molar-refractivity contribution in [3.63, 3.8) is 0 Å². The number of nitrogens with two attached hydrogens (primary N) is 1. The third kappa shape index (κ3) is 3.38. The van der Waals surface area contributed by atoms with Gasteiger partial charge in [0.15, 0.2) is 0 Å². The maximum Gasteiger partial charge on any atom is 0.259 e. The molecular weight excluding hydrogens is 436 g/mol. The van der Waals surface area contributed by atoms with E-state index in [1.54, 1.807) is 0 Å². The Kier molecular flexibility index (Phi) is 4.90. The molecule has 0 saturated heterocycles. The van der Waals surface area contributed by atoms with Gasteiger partial charge >= 0.3 is 0 Å². The summed E-state index contributed by atoms with van der Waals surface area (Å²) in [4.78, 5) is 33.5. The Balaban J connectivity index is 1.62. The highest BCUT2D eigenvalue weighted by Crippen LogP contribution is 2.40. The zero-order valence-corrected chi connectivity index (χ0v) is 19.2. The first-order chi connectivity index (χ1) is 17.0. The van der Waals surface area contributed by atoms with Gasteiger partial charge in [-0.15, -0.1) is 0 Å². The smallest absolute Gasteiger partial charge is 0.259 e. The monoisotopic (exact) mass is 460 g/mol. The van der Waals surface area contributed by atoms with Gasteiger partial charge in [-0.3, -0.25) is 14.9 Å². The number of amides is 2. The van der Waals surface area contributed by atoms with Gasteiger partial charge in [0.1, 0.15) is 0 Å². The van der Waals surface area contributed by atoms with E-state index in [9.17, 15) is 9.59 Å². The highest BCUT2D eigenvalue weighted by Gasteiger charge is 2.36. The Bertz CT molecular complexity index is 1670. The van der Waals surface area contributed by atoms with Crippen LogP contribution < -0.4 is 11.1 Å². The molecule has 0 atom stereocenters. The van der Waals surface area contributed by atoms with Gasteiger partial charge in [-0.25, -0.2) is 0 Å².